The summed E-state index contributed by atoms with van der Waals surface area (Å²) < 4.78 is 16.6. The maximum absolute atomic E-state index is 12.2. The van der Waals surface area contributed by atoms with E-state index in [4.69, 9.17) is 14.2 Å². The van der Waals surface area contributed by atoms with Crippen molar-refractivity contribution >= 4 is 39.8 Å². The van der Waals surface area contributed by atoms with E-state index < -0.39 is 11.9 Å². The van der Waals surface area contributed by atoms with E-state index in [1.807, 2.05) is 0 Å². The fraction of sp³-hybridized carbons (Fsp3) is 0.0417. The van der Waals surface area contributed by atoms with Crippen molar-refractivity contribution in [3.05, 3.63) is 99.7 Å². The lowest BCUT2D eigenvalue weighted by Gasteiger charge is -2.05. The number of rotatable bonds is 5. The Morgan fingerprint density at radius 3 is 2.23 bits per heavy atom. The first kappa shape index (κ1) is 20.6. The molecule has 1 aliphatic heterocycles. The van der Waals surface area contributed by atoms with Gasteiger partial charge in [-0.1, -0.05) is 28.1 Å². The third-order valence-corrected chi connectivity index (χ3v) is 4.96. The fourth-order valence-electron chi connectivity index (χ4n) is 2.81. The van der Waals surface area contributed by atoms with Crippen molar-refractivity contribution in [2.24, 2.45) is 4.99 Å². The quantitative estimate of drug-likeness (QED) is 0.293. The number of hydrogen-bond donors (Lipinski definition) is 0. The van der Waals surface area contributed by atoms with Crippen molar-refractivity contribution < 1.29 is 23.8 Å². The molecule has 1 aliphatic rings. The third-order valence-electron chi connectivity index (χ3n) is 4.43. The van der Waals surface area contributed by atoms with Crippen molar-refractivity contribution in [1.29, 1.82) is 0 Å². The molecule has 1 heterocycles. The maximum atomic E-state index is 12.2. The number of hydrogen-bond acceptors (Lipinski definition) is 6. The number of nitrogens with zero attached hydrogens (tertiary/aromatic N) is 1. The molecule has 0 fully saturated rings. The molecular formula is C24H16BrNO5. The lowest BCUT2D eigenvalue weighted by molar-refractivity contribution is -0.129. The average Bonchev–Trinajstić information content (AvgIpc) is 3.15. The van der Waals surface area contributed by atoms with Crippen LogP contribution >= 0.6 is 15.9 Å². The van der Waals surface area contributed by atoms with Crippen LogP contribution in [0.3, 0.4) is 0 Å². The van der Waals surface area contributed by atoms with E-state index in [2.05, 4.69) is 20.9 Å². The highest BCUT2D eigenvalue weighted by Crippen LogP contribution is 2.22. The molecule has 4 rings (SSSR count). The molecule has 0 unspecified atom stereocenters. The highest BCUT2D eigenvalue weighted by molar-refractivity contribution is 9.10. The SMILES string of the molecule is COc1ccc(C2=N/C(=C\c3ccc(OC(=O)c4ccc(Br)cc4)cc3)C(=O)O2)cc1. The van der Waals surface area contributed by atoms with E-state index in [0.717, 1.165) is 10.0 Å². The first-order chi connectivity index (χ1) is 15.0. The topological polar surface area (TPSA) is 74.2 Å². The standard InChI is InChI=1S/C24H16BrNO5/c1-29-19-12-6-16(7-13-19)22-26-21(24(28)31-22)14-15-2-10-20(11-3-15)30-23(27)17-4-8-18(25)9-5-17/h2-14H,1H3/b21-14-. The van der Waals surface area contributed by atoms with Crippen LogP contribution < -0.4 is 9.47 Å². The molecule has 6 nitrogen and oxygen atoms in total. The summed E-state index contributed by atoms with van der Waals surface area (Å²) in [4.78, 5) is 28.7. The summed E-state index contributed by atoms with van der Waals surface area (Å²) in [6, 6.07) is 20.7. The largest absolute Gasteiger partial charge is 0.497 e. The smallest absolute Gasteiger partial charge is 0.363 e. The Hall–Kier alpha value is -3.71. The second kappa shape index (κ2) is 8.97. The summed E-state index contributed by atoms with van der Waals surface area (Å²) in [5.74, 6) is 0.346. The van der Waals surface area contributed by atoms with Gasteiger partial charge in [-0.05, 0) is 72.3 Å². The molecule has 0 aliphatic carbocycles. The number of carbonyl (C=O) groups is 2. The molecule has 0 radical (unpaired) electrons. The van der Waals surface area contributed by atoms with Crippen LogP contribution in [0.25, 0.3) is 6.08 Å². The van der Waals surface area contributed by atoms with Crippen molar-refractivity contribution in [2.45, 2.75) is 0 Å². The first-order valence-corrected chi connectivity index (χ1v) is 10.1. The normalized spacial score (nSPS) is 14.2. The predicted octanol–water partition coefficient (Wildman–Crippen LogP) is 5.02. The minimum atomic E-state index is -0.531. The van der Waals surface area contributed by atoms with Gasteiger partial charge in [-0.15, -0.1) is 0 Å². The van der Waals surface area contributed by atoms with E-state index in [9.17, 15) is 9.59 Å². The van der Waals surface area contributed by atoms with Crippen molar-refractivity contribution in [2.75, 3.05) is 7.11 Å². The van der Waals surface area contributed by atoms with Gasteiger partial charge in [0.15, 0.2) is 5.70 Å². The number of benzene rings is 3. The first-order valence-electron chi connectivity index (χ1n) is 9.26. The molecule has 3 aromatic rings. The van der Waals surface area contributed by atoms with Crippen molar-refractivity contribution in [3.8, 4) is 11.5 Å². The van der Waals surface area contributed by atoms with Crippen molar-refractivity contribution in [1.82, 2.24) is 0 Å². The third kappa shape index (κ3) is 4.90. The lowest BCUT2D eigenvalue weighted by atomic mass is 10.2. The van der Waals surface area contributed by atoms with E-state index in [1.54, 1.807) is 86.0 Å². The number of methoxy groups -OCH3 is 1. The second-order valence-electron chi connectivity index (χ2n) is 6.53. The molecule has 0 saturated carbocycles. The number of esters is 2. The van der Waals surface area contributed by atoms with Crippen molar-refractivity contribution in [3.63, 3.8) is 0 Å². The minimum Gasteiger partial charge on any atom is -0.497 e. The molecule has 0 N–H and O–H groups in total. The molecule has 0 saturated heterocycles. The molecule has 0 atom stereocenters. The van der Waals surface area contributed by atoms with Gasteiger partial charge >= 0.3 is 11.9 Å². The average molecular weight is 478 g/mol. The van der Waals surface area contributed by atoms with Gasteiger partial charge in [0.2, 0.25) is 5.90 Å². The van der Waals surface area contributed by atoms with E-state index in [-0.39, 0.29) is 11.6 Å². The summed E-state index contributed by atoms with van der Waals surface area (Å²) >= 11 is 3.33. The zero-order chi connectivity index (χ0) is 21.8. The molecule has 0 amide bonds. The maximum Gasteiger partial charge on any atom is 0.363 e. The highest BCUT2D eigenvalue weighted by Gasteiger charge is 2.24. The van der Waals surface area contributed by atoms with Gasteiger partial charge in [-0.3, -0.25) is 0 Å². The Balaban J connectivity index is 1.47. The summed E-state index contributed by atoms with van der Waals surface area (Å²) in [6.07, 6.45) is 1.61. The Morgan fingerprint density at radius 2 is 1.58 bits per heavy atom. The molecule has 0 spiro atoms. The predicted molar refractivity (Wildman–Crippen MR) is 119 cm³/mol. The zero-order valence-corrected chi connectivity index (χ0v) is 18.0. The van der Waals surface area contributed by atoms with Crippen LogP contribution in [-0.4, -0.2) is 24.9 Å². The highest BCUT2D eigenvalue weighted by atomic mass is 79.9. The number of cyclic esters (lactones) is 1. The molecule has 3 aromatic carbocycles. The van der Waals surface area contributed by atoms with Crippen LogP contribution in [0, 0.1) is 0 Å². The van der Waals surface area contributed by atoms with Crippen LogP contribution in [0.5, 0.6) is 11.5 Å². The van der Waals surface area contributed by atoms with E-state index >= 15 is 0 Å². The Bertz CT molecular complexity index is 1180. The molecule has 31 heavy (non-hydrogen) atoms. The molecule has 0 bridgehead atoms. The van der Waals surface area contributed by atoms with Gasteiger partial charge in [-0.2, -0.15) is 0 Å². The number of aliphatic imine (C=N–C) groups is 1. The Morgan fingerprint density at radius 1 is 0.935 bits per heavy atom. The van der Waals surface area contributed by atoms with Gasteiger partial charge in [0.1, 0.15) is 11.5 Å². The van der Waals surface area contributed by atoms with Crippen LogP contribution in [-0.2, 0) is 9.53 Å². The van der Waals surface area contributed by atoms with Gasteiger partial charge in [0, 0.05) is 10.0 Å². The van der Waals surface area contributed by atoms with Gasteiger partial charge in [0.25, 0.3) is 0 Å². The van der Waals surface area contributed by atoms with Crippen LogP contribution in [0.15, 0.2) is 88.0 Å². The lowest BCUT2D eigenvalue weighted by Crippen LogP contribution is -2.08. The summed E-state index contributed by atoms with van der Waals surface area (Å²) in [6.45, 7) is 0. The van der Waals surface area contributed by atoms with Gasteiger partial charge in [0.05, 0.1) is 12.7 Å². The fourth-order valence-corrected chi connectivity index (χ4v) is 3.07. The number of carbonyl (C=O) groups excluding carboxylic acids is 2. The van der Waals surface area contributed by atoms with Gasteiger partial charge in [-0.25, -0.2) is 14.6 Å². The van der Waals surface area contributed by atoms with E-state index in [0.29, 0.717) is 22.6 Å². The number of ether oxygens (including phenoxy) is 3. The monoisotopic (exact) mass is 477 g/mol. The molecule has 0 aromatic heterocycles. The molecule has 7 heteroatoms. The van der Waals surface area contributed by atoms with Crippen LogP contribution in [0.2, 0.25) is 0 Å². The van der Waals surface area contributed by atoms with E-state index in [1.165, 1.54) is 0 Å². The van der Waals surface area contributed by atoms with Crippen LogP contribution in [0.4, 0.5) is 0 Å². The summed E-state index contributed by atoms with van der Waals surface area (Å²) in [5.41, 5.74) is 2.02. The van der Waals surface area contributed by atoms with Gasteiger partial charge < -0.3 is 14.2 Å². The molecule has 154 valence electrons. The second-order valence-corrected chi connectivity index (χ2v) is 7.45. The van der Waals surface area contributed by atoms with Crippen LogP contribution in [0.1, 0.15) is 21.5 Å². The number of halogens is 1. The zero-order valence-electron chi connectivity index (χ0n) is 16.4. The summed E-state index contributed by atoms with van der Waals surface area (Å²) in [5, 5.41) is 0. The Kier molecular flexibility index (Phi) is 5.95. The molecular weight excluding hydrogens is 462 g/mol. The minimum absolute atomic E-state index is 0.186. The summed E-state index contributed by atoms with van der Waals surface area (Å²) in [7, 11) is 1.58. The Labute approximate surface area is 186 Å².